The van der Waals surface area contributed by atoms with E-state index in [0.717, 1.165) is 30.6 Å². The molecule has 0 radical (unpaired) electrons. The zero-order chi connectivity index (χ0) is 16.9. The molecule has 1 N–H and O–H groups in total. The summed E-state index contributed by atoms with van der Waals surface area (Å²) in [6.07, 6.45) is 6.37. The second-order valence-corrected chi connectivity index (χ2v) is 5.48. The predicted octanol–water partition coefficient (Wildman–Crippen LogP) is 1.08. The van der Waals surface area contributed by atoms with Gasteiger partial charge in [-0.15, -0.1) is 0 Å². The highest BCUT2D eigenvalue weighted by Crippen LogP contribution is 2.14. The molecule has 1 rings (SSSR count). The van der Waals surface area contributed by atoms with Crippen molar-refractivity contribution in [3.8, 4) is 0 Å². The van der Waals surface area contributed by atoms with Crippen LogP contribution in [0.1, 0.15) is 32.1 Å². The van der Waals surface area contributed by atoms with Gasteiger partial charge in [-0.3, -0.25) is 19.3 Å². The van der Waals surface area contributed by atoms with Crippen molar-refractivity contribution < 1.29 is 28.5 Å². The van der Waals surface area contributed by atoms with Gasteiger partial charge in [0.25, 0.3) is 11.8 Å². The van der Waals surface area contributed by atoms with Crippen LogP contribution in [0.5, 0.6) is 0 Å². The van der Waals surface area contributed by atoms with Gasteiger partial charge in [-0.1, -0.05) is 12.8 Å². The molecular formula is C14H23N2O6P. The largest absolute Gasteiger partial charge is 0.356 e. The highest BCUT2D eigenvalue weighted by atomic mass is 31.1. The van der Waals surface area contributed by atoms with Gasteiger partial charge >= 0.3 is 0 Å². The Bertz CT molecular complexity index is 411. The van der Waals surface area contributed by atoms with Gasteiger partial charge in [0.2, 0.25) is 5.91 Å². The molecule has 1 heterocycles. The van der Waals surface area contributed by atoms with Crippen LogP contribution < -0.4 is 5.32 Å². The quantitative estimate of drug-likeness (QED) is 0.176. The monoisotopic (exact) mass is 346 g/mol. The standard InChI is InChI=1S/C14H23N2O6P/c1-20-22-23-21-11-5-3-2-4-9-15-12(17)8-10-16-13(18)6-7-14(16)19/h6-7,23H,2-5,8-11H2,1H3,(H,15,17). The van der Waals surface area contributed by atoms with Crippen molar-refractivity contribution in [1.82, 2.24) is 10.2 Å². The Balaban J connectivity index is 1.90. The molecule has 0 aromatic heterocycles. The third-order valence-corrected chi connectivity index (χ3v) is 3.69. The SMILES string of the molecule is COOPOCCCCCCNC(=O)CCN1C(=O)C=CC1=O. The highest BCUT2D eigenvalue weighted by Gasteiger charge is 2.23. The lowest BCUT2D eigenvalue weighted by atomic mass is 10.2. The van der Waals surface area contributed by atoms with Gasteiger partial charge in [0.05, 0.1) is 13.7 Å². The molecule has 1 unspecified atom stereocenters. The molecule has 0 aromatic carbocycles. The molecule has 0 saturated heterocycles. The molecule has 3 amide bonds. The number of amides is 3. The molecule has 0 saturated carbocycles. The van der Waals surface area contributed by atoms with E-state index in [9.17, 15) is 14.4 Å². The average molecular weight is 346 g/mol. The van der Waals surface area contributed by atoms with Gasteiger partial charge < -0.3 is 9.84 Å². The Morgan fingerprint density at radius 3 is 2.57 bits per heavy atom. The Morgan fingerprint density at radius 2 is 1.87 bits per heavy atom. The Labute approximate surface area is 137 Å². The maximum absolute atomic E-state index is 11.6. The van der Waals surface area contributed by atoms with E-state index in [2.05, 4.69) is 14.9 Å². The van der Waals surface area contributed by atoms with Crippen molar-refractivity contribution in [3.63, 3.8) is 0 Å². The summed E-state index contributed by atoms with van der Waals surface area (Å²) in [4.78, 5) is 39.7. The lowest BCUT2D eigenvalue weighted by Crippen LogP contribution is -2.34. The minimum absolute atomic E-state index is 0.0966. The molecule has 1 aliphatic heterocycles. The van der Waals surface area contributed by atoms with Crippen molar-refractivity contribution in [3.05, 3.63) is 12.2 Å². The van der Waals surface area contributed by atoms with E-state index in [0.29, 0.717) is 13.2 Å². The van der Waals surface area contributed by atoms with Crippen molar-refractivity contribution in [2.24, 2.45) is 0 Å². The van der Waals surface area contributed by atoms with E-state index in [1.54, 1.807) is 0 Å². The summed E-state index contributed by atoms with van der Waals surface area (Å²) >= 11 is 0. The van der Waals surface area contributed by atoms with E-state index < -0.39 is 0 Å². The third kappa shape index (κ3) is 8.76. The van der Waals surface area contributed by atoms with Crippen molar-refractivity contribution >= 4 is 26.8 Å². The number of unbranched alkanes of at least 4 members (excludes halogenated alkanes) is 3. The van der Waals surface area contributed by atoms with E-state index in [-0.39, 0.29) is 39.7 Å². The van der Waals surface area contributed by atoms with Gasteiger partial charge in [-0.25, -0.2) is 4.89 Å². The van der Waals surface area contributed by atoms with Gasteiger partial charge in [0, 0.05) is 31.7 Å². The van der Waals surface area contributed by atoms with Crippen LogP contribution in [0.2, 0.25) is 0 Å². The third-order valence-electron chi connectivity index (χ3n) is 3.13. The predicted molar refractivity (Wildman–Crippen MR) is 84.3 cm³/mol. The second-order valence-electron chi connectivity index (χ2n) is 4.86. The lowest BCUT2D eigenvalue weighted by molar-refractivity contribution is -0.173. The van der Waals surface area contributed by atoms with Gasteiger partial charge in [-0.2, -0.15) is 4.67 Å². The van der Waals surface area contributed by atoms with E-state index in [1.807, 2.05) is 0 Å². The molecule has 0 fully saturated rings. The van der Waals surface area contributed by atoms with Crippen molar-refractivity contribution in [2.45, 2.75) is 32.1 Å². The molecule has 0 aliphatic carbocycles. The molecule has 1 atom stereocenters. The Kier molecular flexibility index (Phi) is 10.4. The summed E-state index contributed by atoms with van der Waals surface area (Å²) < 4.78 is 9.75. The summed E-state index contributed by atoms with van der Waals surface area (Å²) in [5.74, 6) is -0.873. The number of nitrogens with zero attached hydrogens (tertiary/aromatic N) is 1. The topological polar surface area (TPSA) is 94.2 Å². The number of imide groups is 1. The number of hydrogen-bond acceptors (Lipinski definition) is 6. The number of nitrogens with one attached hydrogen (secondary N) is 1. The van der Waals surface area contributed by atoms with Gasteiger partial charge in [0.1, 0.15) is 0 Å². The van der Waals surface area contributed by atoms with Gasteiger partial charge in [0.15, 0.2) is 9.03 Å². The molecule has 0 spiro atoms. The van der Waals surface area contributed by atoms with Crippen LogP contribution in [0.25, 0.3) is 0 Å². The first-order valence-corrected chi connectivity index (χ1v) is 8.33. The summed E-state index contributed by atoms with van der Waals surface area (Å²) in [5, 5.41) is 2.78. The fourth-order valence-corrected chi connectivity index (χ4v) is 2.28. The molecule has 8 nitrogen and oxygen atoms in total. The summed E-state index contributed by atoms with van der Waals surface area (Å²) in [5.41, 5.74) is 0. The van der Waals surface area contributed by atoms with Crippen LogP contribution in [0.15, 0.2) is 12.2 Å². The number of rotatable bonds is 13. The van der Waals surface area contributed by atoms with Crippen LogP contribution in [-0.4, -0.2) is 49.4 Å². The first-order valence-electron chi connectivity index (χ1n) is 7.52. The van der Waals surface area contributed by atoms with Crippen molar-refractivity contribution in [2.75, 3.05) is 26.8 Å². The molecule has 1 aliphatic rings. The normalized spacial score (nSPS) is 14.4. The molecule has 130 valence electrons. The highest BCUT2D eigenvalue weighted by molar-refractivity contribution is 7.26. The minimum Gasteiger partial charge on any atom is -0.356 e. The molecular weight excluding hydrogens is 323 g/mol. The van der Waals surface area contributed by atoms with Crippen LogP contribution in [0.4, 0.5) is 0 Å². The second kappa shape index (κ2) is 12.1. The smallest absolute Gasteiger partial charge is 0.253 e. The van der Waals surface area contributed by atoms with Crippen LogP contribution in [0, 0.1) is 0 Å². The zero-order valence-corrected chi connectivity index (χ0v) is 14.2. The average Bonchev–Trinajstić information content (AvgIpc) is 2.86. The van der Waals surface area contributed by atoms with Gasteiger partial charge in [-0.05, 0) is 12.8 Å². The zero-order valence-electron chi connectivity index (χ0n) is 13.2. The number of carbonyl (C=O) groups excluding carboxylic acids is 3. The number of carbonyl (C=O) groups is 3. The van der Waals surface area contributed by atoms with Crippen LogP contribution in [-0.2, 0) is 28.5 Å². The summed E-state index contributed by atoms with van der Waals surface area (Å²) in [6.45, 7) is 1.34. The lowest BCUT2D eigenvalue weighted by Gasteiger charge is -2.13. The fraction of sp³-hybridized carbons (Fsp3) is 0.643. The Hall–Kier alpha value is -1.34. The summed E-state index contributed by atoms with van der Waals surface area (Å²) in [7, 11) is 1.34. The fourth-order valence-electron chi connectivity index (χ4n) is 1.93. The Morgan fingerprint density at radius 1 is 1.17 bits per heavy atom. The molecule has 0 bridgehead atoms. The molecule has 0 aromatic rings. The number of hydrogen-bond donors (Lipinski definition) is 1. The molecule has 9 heteroatoms. The first kappa shape index (κ1) is 19.7. The van der Waals surface area contributed by atoms with E-state index >= 15 is 0 Å². The van der Waals surface area contributed by atoms with Crippen LogP contribution >= 0.6 is 9.03 Å². The maximum Gasteiger partial charge on any atom is 0.253 e. The first-order chi connectivity index (χ1) is 11.1. The maximum atomic E-state index is 11.6. The molecule has 23 heavy (non-hydrogen) atoms. The van der Waals surface area contributed by atoms with Crippen LogP contribution in [0.3, 0.4) is 0 Å². The minimum atomic E-state index is -0.360. The van der Waals surface area contributed by atoms with E-state index in [1.165, 1.54) is 19.3 Å². The van der Waals surface area contributed by atoms with E-state index in [4.69, 9.17) is 4.52 Å². The summed E-state index contributed by atoms with van der Waals surface area (Å²) in [6, 6.07) is 0. The van der Waals surface area contributed by atoms with Crippen molar-refractivity contribution in [1.29, 1.82) is 0 Å².